The lowest BCUT2D eigenvalue weighted by Crippen LogP contribution is -2.25. The van der Waals surface area contributed by atoms with Gasteiger partial charge in [0.05, 0.1) is 24.6 Å². The zero-order chi connectivity index (χ0) is 25.8. The van der Waals surface area contributed by atoms with Gasteiger partial charge in [0.1, 0.15) is 11.9 Å². The zero-order valence-electron chi connectivity index (χ0n) is 20.0. The molecule has 1 fully saturated rings. The number of halogens is 3. The maximum Gasteiger partial charge on any atom is 0.279 e. The van der Waals surface area contributed by atoms with Gasteiger partial charge in [-0.3, -0.25) is 5.41 Å². The quantitative estimate of drug-likeness (QED) is 0.169. The molecule has 35 heavy (non-hydrogen) atoms. The minimum Gasteiger partial charge on any atom is -0.390 e. The Morgan fingerprint density at radius 2 is 2.03 bits per heavy atom. The lowest BCUT2D eigenvalue weighted by Gasteiger charge is -2.21. The summed E-state index contributed by atoms with van der Waals surface area (Å²) in [5.74, 6) is 0.0396. The molecule has 0 heterocycles. The Morgan fingerprint density at radius 1 is 1.29 bits per heavy atom. The fourth-order valence-corrected chi connectivity index (χ4v) is 3.14. The summed E-state index contributed by atoms with van der Waals surface area (Å²) < 4.78 is 45.9. The summed E-state index contributed by atoms with van der Waals surface area (Å²) in [6.07, 6.45) is 6.53. The predicted octanol–water partition coefficient (Wildman–Crippen LogP) is 5.34. The first-order chi connectivity index (χ1) is 16.8. The van der Waals surface area contributed by atoms with E-state index in [0.29, 0.717) is 23.7 Å². The van der Waals surface area contributed by atoms with Crippen LogP contribution < -0.4 is 10.6 Å². The number of allylic oxidation sites excluding steroid dienone is 3. The van der Waals surface area contributed by atoms with Crippen LogP contribution in [0.5, 0.6) is 0 Å². The molecule has 6 nitrogen and oxygen atoms in total. The van der Waals surface area contributed by atoms with Crippen molar-refractivity contribution in [3.05, 3.63) is 76.9 Å². The molecule has 0 radical (unpaired) electrons. The van der Waals surface area contributed by atoms with Crippen molar-refractivity contribution in [3.8, 4) is 0 Å². The summed E-state index contributed by atoms with van der Waals surface area (Å²) in [5.41, 5.74) is 0.617. The van der Waals surface area contributed by atoms with E-state index in [0.717, 1.165) is 30.7 Å². The number of aliphatic hydroxyl groups excluding tert-OH is 1. The highest BCUT2D eigenvalue weighted by atomic mass is 19.3. The summed E-state index contributed by atoms with van der Waals surface area (Å²) in [4.78, 5) is 0. The number of anilines is 1. The molecule has 0 aliphatic heterocycles. The third-order valence-electron chi connectivity index (χ3n) is 5.32. The Morgan fingerprint density at radius 3 is 2.63 bits per heavy atom. The van der Waals surface area contributed by atoms with E-state index in [-0.39, 0.29) is 24.5 Å². The average Bonchev–Trinajstić information content (AvgIpc) is 3.66. The summed E-state index contributed by atoms with van der Waals surface area (Å²) >= 11 is 0. The van der Waals surface area contributed by atoms with E-state index in [9.17, 15) is 18.3 Å². The van der Waals surface area contributed by atoms with Gasteiger partial charge in [0, 0.05) is 35.8 Å². The van der Waals surface area contributed by atoms with Gasteiger partial charge in [-0.05, 0) is 62.5 Å². The van der Waals surface area contributed by atoms with Gasteiger partial charge in [-0.15, -0.1) is 0 Å². The first-order valence-corrected chi connectivity index (χ1v) is 11.4. The molecule has 1 aromatic rings. The van der Waals surface area contributed by atoms with Crippen molar-refractivity contribution in [3.63, 3.8) is 0 Å². The highest BCUT2D eigenvalue weighted by Crippen LogP contribution is 2.28. The first kappa shape index (κ1) is 28.1. The number of hydrogen-bond acceptors (Lipinski definition) is 6. The summed E-state index contributed by atoms with van der Waals surface area (Å²) in [6, 6.07) is 3.85. The smallest absolute Gasteiger partial charge is 0.279 e. The highest BCUT2D eigenvalue weighted by Gasteiger charge is 2.22. The van der Waals surface area contributed by atoms with Crippen LogP contribution in [0.1, 0.15) is 32.3 Å². The number of benzene rings is 1. The largest absolute Gasteiger partial charge is 0.390 e. The number of rotatable bonds is 15. The molecule has 0 spiro atoms. The van der Waals surface area contributed by atoms with Crippen LogP contribution in [0.3, 0.4) is 0 Å². The van der Waals surface area contributed by atoms with Crippen molar-refractivity contribution in [2.75, 3.05) is 18.5 Å². The number of ether oxygens (including phenoxy) is 1. The Balaban J connectivity index is 2.28. The van der Waals surface area contributed by atoms with E-state index in [1.165, 1.54) is 24.4 Å². The van der Waals surface area contributed by atoms with E-state index >= 15 is 0 Å². The molecule has 1 atom stereocenters. The van der Waals surface area contributed by atoms with Crippen LogP contribution >= 0.6 is 0 Å². The lowest BCUT2D eigenvalue weighted by atomic mass is 10.1. The molecule has 190 valence electrons. The molecule has 0 aromatic heterocycles. The van der Waals surface area contributed by atoms with Crippen LogP contribution in [0.4, 0.5) is 18.9 Å². The molecule has 0 saturated heterocycles. The van der Waals surface area contributed by atoms with Gasteiger partial charge >= 0.3 is 0 Å². The fraction of sp³-hybridized carbons (Fsp3) is 0.385. The molecule has 1 aliphatic carbocycles. The summed E-state index contributed by atoms with van der Waals surface area (Å²) in [7, 11) is 0. The zero-order valence-corrected chi connectivity index (χ0v) is 20.0. The van der Waals surface area contributed by atoms with Crippen molar-refractivity contribution < 1.29 is 23.0 Å². The fourth-order valence-electron chi connectivity index (χ4n) is 3.14. The average molecular weight is 491 g/mol. The second-order valence-corrected chi connectivity index (χ2v) is 8.18. The number of alkyl halides is 2. The van der Waals surface area contributed by atoms with Crippen molar-refractivity contribution in [2.45, 2.75) is 45.8 Å². The predicted molar refractivity (Wildman–Crippen MR) is 134 cm³/mol. The van der Waals surface area contributed by atoms with Gasteiger partial charge in [-0.25, -0.2) is 13.2 Å². The Labute approximate surface area is 204 Å². The van der Waals surface area contributed by atoms with E-state index in [2.05, 4.69) is 10.6 Å². The molecule has 9 heteroatoms. The minimum atomic E-state index is -3.05. The molecule has 0 bridgehead atoms. The topological polar surface area (TPSA) is 101 Å². The first-order valence-electron chi connectivity index (χ1n) is 11.4. The van der Waals surface area contributed by atoms with Crippen LogP contribution in [-0.2, 0) is 11.3 Å². The van der Waals surface area contributed by atoms with Crippen molar-refractivity contribution in [1.82, 2.24) is 5.32 Å². The second-order valence-electron chi connectivity index (χ2n) is 8.18. The van der Waals surface area contributed by atoms with Crippen LogP contribution in [0, 0.1) is 22.6 Å². The van der Waals surface area contributed by atoms with Crippen molar-refractivity contribution >= 4 is 17.6 Å². The molecular formula is C26H33F3N4O2. The molecule has 1 aromatic carbocycles. The molecule has 2 rings (SSSR count). The van der Waals surface area contributed by atoms with Gasteiger partial charge in [0.25, 0.3) is 6.43 Å². The summed E-state index contributed by atoms with van der Waals surface area (Å²) in [5, 5.41) is 32.0. The van der Waals surface area contributed by atoms with Crippen LogP contribution in [-0.4, -0.2) is 42.7 Å². The lowest BCUT2D eigenvalue weighted by molar-refractivity contribution is 0.144. The van der Waals surface area contributed by atoms with Crippen LogP contribution in [0.2, 0.25) is 0 Å². The molecule has 1 unspecified atom stereocenters. The molecule has 0 amide bonds. The number of nitrogens with one attached hydrogen (secondary N) is 4. The van der Waals surface area contributed by atoms with Gasteiger partial charge in [-0.2, -0.15) is 0 Å². The SMILES string of the molecule is C/C=C\C(=C/C)COCc1cc(F)ccc1N/C(=C\C(=N)C(F)F)C(O)/C(C=N)=C/NCC1CC1. The van der Waals surface area contributed by atoms with Gasteiger partial charge in [0.15, 0.2) is 0 Å². The molecule has 1 aliphatic rings. The number of aliphatic hydroxyl groups is 1. The van der Waals surface area contributed by atoms with E-state index < -0.39 is 24.1 Å². The monoisotopic (exact) mass is 490 g/mol. The molecule has 1 saturated carbocycles. The third-order valence-corrected chi connectivity index (χ3v) is 5.32. The van der Waals surface area contributed by atoms with Crippen molar-refractivity contribution in [1.29, 1.82) is 10.8 Å². The number of hydrogen-bond donors (Lipinski definition) is 5. The van der Waals surface area contributed by atoms with Gasteiger partial charge < -0.3 is 25.9 Å². The third kappa shape index (κ3) is 9.54. The molecular weight excluding hydrogens is 457 g/mol. The van der Waals surface area contributed by atoms with Gasteiger partial charge in [0.2, 0.25) is 0 Å². The normalized spacial score (nSPS) is 16.0. The van der Waals surface area contributed by atoms with E-state index in [4.69, 9.17) is 15.6 Å². The Hall–Kier alpha value is -3.17. The Kier molecular flexibility index (Phi) is 11.5. The maximum absolute atomic E-state index is 14.0. The van der Waals surface area contributed by atoms with Crippen LogP contribution in [0.25, 0.3) is 0 Å². The van der Waals surface area contributed by atoms with Crippen LogP contribution in [0.15, 0.2) is 65.5 Å². The molecule has 5 N–H and O–H groups in total. The highest BCUT2D eigenvalue weighted by molar-refractivity contribution is 5.96. The summed E-state index contributed by atoms with van der Waals surface area (Å²) in [6.45, 7) is 4.74. The maximum atomic E-state index is 14.0. The van der Waals surface area contributed by atoms with E-state index in [1.807, 2.05) is 32.1 Å². The van der Waals surface area contributed by atoms with Gasteiger partial charge in [-0.1, -0.05) is 18.2 Å². The minimum absolute atomic E-state index is 0.0147. The second kappa shape index (κ2) is 14.3. The van der Waals surface area contributed by atoms with E-state index in [1.54, 1.807) is 0 Å². The standard InChI is InChI=1S/C26H33F3N4O2/c1-3-5-17(4-2)15-35-16-19-10-21(27)8-9-23(19)33-24(11-22(31)26(28)29)25(34)20(12-30)14-32-13-18-6-7-18/h3-5,8-12,14,18,25-26,30-34H,6-7,13,15-16H2,1-2H3/b5-3-,17-4+,20-14+,24-11-,30-12?,31-22?. The van der Waals surface area contributed by atoms with Crippen molar-refractivity contribution in [2.24, 2.45) is 5.92 Å². The Bertz CT molecular complexity index is 998.